The molecular formula is C38H56O6. The van der Waals surface area contributed by atoms with Crippen molar-refractivity contribution in [2.24, 2.45) is 5.92 Å². The summed E-state index contributed by atoms with van der Waals surface area (Å²) < 4.78 is 11.1. The number of aliphatic hydroxyl groups is 1. The smallest absolute Gasteiger partial charge is 0.310 e. The Labute approximate surface area is 266 Å². The van der Waals surface area contributed by atoms with Gasteiger partial charge in [0.15, 0.2) is 5.78 Å². The molecule has 0 aliphatic carbocycles. The topological polar surface area (TPSA) is 93.1 Å². The maximum absolute atomic E-state index is 12.3. The second kappa shape index (κ2) is 19.8. The third-order valence-corrected chi connectivity index (χ3v) is 7.80. The monoisotopic (exact) mass is 608 g/mol. The molecule has 0 radical (unpaired) electrons. The van der Waals surface area contributed by atoms with Crippen LogP contribution in [0.15, 0.2) is 77.5 Å². The summed E-state index contributed by atoms with van der Waals surface area (Å²) in [6.45, 7) is 18.1. The molecule has 3 atom stereocenters. The van der Waals surface area contributed by atoms with E-state index in [4.69, 9.17) is 9.47 Å². The molecule has 1 aromatic carbocycles. The number of aliphatic hydroxyl groups excluding tert-OH is 1. The summed E-state index contributed by atoms with van der Waals surface area (Å²) in [7, 11) is 1.33. The predicted molar refractivity (Wildman–Crippen MR) is 181 cm³/mol. The zero-order chi connectivity index (χ0) is 33.3. The number of esters is 1. The molecule has 0 saturated heterocycles. The summed E-state index contributed by atoms with van der Waals surface area (Å²) in [6, 6.07) is 4.74. The lowest BCUT2D eigenvalue weighted by atomic mass is 9.94. The Morgan fingerprint density at radius 3 is 2.30 bits per heavy atom. The standard InChI is InChI=1S/C38H56O6/c1-10-38(8,44-35-22-21-33(39)25-32(35)26-36(41)43-9)23-13-17-30(6)20-19-29(5)15-11-14-28(4)16-12-18-31(7)37(42)34(40)24-27(2)3/h10,14,17,19,21-22,24-25,31,34,39-40H,1,11-13,15-16,18,20,23,26H2,2-9H3/b28-14+,29-19+,30-17+/t31?,34-,38?/m0/s1. The van der Waals surface area contributed by atoms with Crippen molar-refractivity contribution in [2.75, 3.05) is 7.11 Å². The Morgan fingerprint density at radius 1 is 1.00 bits per heavy atom. The van der Waals surface area contributed by atoms with Gasteiger partial charge in [-0.2, -0.15) is 0 Å². The van der Waals surface area contributed by atoms with Gasteiger partial charge in [-0.25, -0.2) is 0 Å². The summed E-state index contributed by atoms with van der Waals surface area (Å²) in [5.41, 5.74) is 4.87. The SMILES string of the molecule is C=CC(C)(CC/C=C(\C)C/C=C(\C)CC/C=C(\C)CCCC(C)C(=O)[C@@H](O)C=C(C)C)Oc1ccc(O)cc1CC(=O)OC. The molecule has 1 aromatic rings. The number of phenols is 1. The van der Waals surface area contributed by atoms with Gasteiger partial charge in [0.2, 0.25) is 0 Å². The van der Waals surface area contributed by atoms with E-state index in [9.17, 15) is 19.8 Å². The summed E-state index contributed by atoms with van der Waals surface area (Å²) in [5.74, 6) is -0.0452. The maximum Gasteiger partial charge on any atom is 0.310 e. The molecule has 1 rings (SSSR count). The van der Waals surface area contributed by atoms with Gasteiger partial charge >= 0.3 is 5.97 Å². The second-order valence-electron chi connectivity index (χ2n) is 12.5. The molecule has 0 fully saturated rings. The van der Waals surface area contributed by atoms with E-state index in [1.165, 1.54) is 29.9 Å². The quantitative estimate of drug-likeness (QED) is 0.113. The van der Waals surface area contributed by atoms with E-state index in [0.717, 1.165) is 50.5 Å². The molecule has 0 aliphatic rings. The number of hydrogen-bond acceptors (Lipinski definition) is 6. The maximum atomic E-state index is 12.3. The average molecular weight is 609 g/mol. The van der Waals surface area contributed by atoms with Gasteiger partial charge in [-0.15, -0.1) is 0 Å². The largest absolute Gasteiger partial charge is 0.508 e. The van der Waals surface area contributed by atoms with Gasteiger partial charge in [0.1, 0.15) is 23.2 Å². The van der Waals surface area contributed by atoms with Crippen molar-refractivity contribution in [1.82, 2.24) is 0 Å². The number of aromatic hydroxyl groups is 1. The minimum Gasteiger partial charge on any atom is -0.508 e. The molecule has 0 bridgehead atoms. The highest BCUT2D eigenvalue weighted by Crippen LogP contribution is 2.30. The highest BCUT2D eigenvalue weighted by atomic mass is 16.5. The van der Waals surface area contributed by atoms with Crippen molar-refractivity contribution in [1.29, 1.82) is 0 Å². The third-order valence-electron chi connectivity index (χ3n) is 7.80. The van der Waals surface area contributed by atoms with Crippen molar-refractivity contribution in [2.45, 2.75) is 118 Å². The molecule has 0 spiro atoms. The number of methoxy groups -OCH3 is 1. The average Bonchev–Trinajstić information content (AvgIpc) is 2.96. The van der Waals surface area contributed by atoms with Crippen LogP contribution in [0.2, 0.25) is 0 Å². The predicted octanol–water partition coefficient (Wildman–Crippen LogP) is 8.92. The van der Waals surface area contributed by atoms with Crippen molar-refractivity contribution in [3.63, 3.8) is 0 Å². The van der Waals surface area contributed by atoms with E-state index in [1.54, 1.807) is 24.3 Å². The van der Waals surface area contributed by atoms with Crippen LogP contribution in [0, 0.1) is 5.92 Å². The molecule has 244 valence electrons. The number of Topliss-reactive ketones (excluding diaryl/α,β-unsaturated/α-hetero) is 1. The molecule has 6 nitrogen and oxygen atoms in total. The number of benzene rings is 1. The Balaban J connectivity index is 2.53. The van der Waals surface area contributed by atoms with E-state index >= 15 is 0 Å². The van der Waals surface area contributed by atoms with E-state index in [2.05, 4.69) is 45.6 Å². The van der Waals surface area contributed by atoms with Gasteiger partial charge in [0.25, 0.3) is 0 Å². The number of phenolic OH excluding ortho intramolecular Hbond substituents is 1. The molecule has 2 unspecified atom stereocenters. The molecular weight excluding hydrogens is 552 g/mol. The third kappa shape index (κ3) is 15.4. The molecule has 0 amide bonds. The highest BCUT2D eigenvalue weighted by molar-refractivity contribution is 5.86. The van der Waals surface area contributed by atoms with E-state index < -0.39 is 17.7 Å². The van der Waals surface area contributed by atoms with Crippen LogP contribution in [0.1, 0.15) is 105 Å². The van der Waals surface area contributed by atoms with Crippen LogP contribution < -0.4 is 4.74 Å². The Bertz CT molecular complexity index is 1210. The number of allylic oxidation sites excluding steroid dienone is 7. The first kappa shape index (κ1) is 38.6. The molecule has 44 heavy (non-hydrogen) atoms. The summed E-state index contributed by atoms with van der Waals surface area (Å²) in [4.78, 5) is 24.1. The van der Waals surface area contributed by atoms with Crippen molar-refractivity contribution in [3.8, 4) is 11.5 Å². The normalized spacial score (nSPS) is 15.2. The van der Waals surface area contributed by atoms with Crippen LogP contribution in [0.4, 0.5) is 0 Å². The highest BCUT2D eigenvalue weighted by Gasteiger charge is 2.24. The van der Waals surface area contributed by atoms with Crippen LogP contribution in [-0.4, -0.2) is 40.8 Å². The fourth-order valence-corrected chi connectivity index (χ4v) is 4.77. The lowest BCUT2D eigenvalue weighted by Crippen LogP contribution is -2.30. The lowest BCUT2D eigenvalue weighted by Gasteiger charge is -2.28. The van der Waals surface area contributed by atoms with Crippen LogP contribution >= 0.6 is 0 Å². The van der Waals surface area contributed by atoms with E-state index in [1.807, 2.05) is 27.7 Å². The fraction of sp³-hybridized carbons (Fsp3) is 0.526. The Kier molecular flexibility index (Phi) is 17.4. The number of ketones is 1. The zero-order valence-electron chi connectivity index (χ0n) is 28.4. The van der Waals surface area contributed by atoms with Crippen LogP contribution in [0.5, 0.6) is 11.5 Å². The van der Waals surface area contributed by atoms with Crippen LogP contribution in [0.3, 0.4) is 0 Å². The molecule has 0 aromatic heterocycles. The van der Waals surface area contributed by atoms with Crippen LogP contribution in [0.25, 0.3) is 0 Å². The lowest BCUT2D eigenvalue weighted by molar-refractivity contribution is -0.139. The van der Waals surface area contributed by atoms with Crippen molar-refractivity contribution < 1.29 is 29.3 Å². The van der Waals surface area contributed by atoms with E-state index in [0.29, 0.717) is 17.7 Å². The van der Waals surface area contributed by atoms with E-state index in [-0.39, 0.29) is 23.9 Å². The summed E-state index contributed by atoms with van der Waals surface area (Å²) >= 11 is 0. The van der Waals surface area contributed by atoms with Crippen molar-refractivity contribution >= 4 is 11.8 Å². The molecule has 0 aliphatic heterocycles. The first-order chi connectivity index (χ1) is 20.7. The van der Waals surface area contributed by atoms with Gasteiger partial charge < -0.3 is 19.7 Å². The minimum absolute atomic E-state index is 0.0118. The second-order valence-corrected chi connectivity index (χ2v) is 12.5. The first-order valence-corrected chi connectivity index (χ1v) is 15.7. The number of ether oxygens (including phenoxy) is 2. The first-order valence-electron chi connectivity index (χ1n) is 15.7. The van der Waals surface area contributed by atoms with Crippen molar-refractivity contribution in [3.05, 3.63) is 83.0 Å². The number of hydrogen-bond donors (Lipinski definition) is 2. The Morgan fingerprint density at radius 2 is 1.66 bits per heavy atom. The zero-order valence-corrected chi connectivity index (χ0v) is 28.4. The van der Waals surface area contributed by atoms with Gasteiger partial charge in [0, 0.05) is 11.5 Å². The van der Waals surface area contributed by atoms with Crippen LogP contribution in [-0.2, 0) is 20.7 Å². The molecule has 0 heterocycles. The van der Waals surface area contributed by atoms with Gasteiger partial charge in [0.05, 0.1) is 13.5 Å². The van der Waals surface area contributed by atoms with Gasteiger partial charge in [-0.3, -0.25) is 9.59 Å². The molecule has 2 N–H and O–H groups in total. The summed E-state index contributed by atoms with van der Waals surface area (Å²) in [6.07, 6.45) is 16.4. The minimum atomic E-state index is -0.994. The van der Waals surface area contributed by atoms with Gasteiger partial charge in [-0.05, 0) is 117 Å². The van der Waals surface area contributed by atoms with Gasteiger partial charge in [-0.1, -0.05) is 60.1 Å². The number of carbonyl (C=O) groups excluding carboxylic acids is 2. The Hall–Kier alpha value is -3.38. The molecule has 6 heteroatoms. The number of carbonyl (C=O) groups is 2. The summed E-state index contributed by atoms with van der Waals surface area (Å²) in [5, 5.41) is 19.9. The molecule has 0 saturated carbocycles. The number of rotatable bonds is 20. The fourth-order valence-electron chi connectivity index (χ4n) is 4.77.